The Morgan fingerprint density at radius 2 is 1.52 bits per heavy atom. The summed E-state index contributed by atoms with van der Waals surface area (Å²) in [7, 11) is -0.961. The SMILES string of the molecule is COc1ccc(C(=O)NNS(=O)(=O)c2ccc(C(C)(C)C)cc2)cc1OC. The lowest BCUT2D eigenvalue weighted by atomic mass is 9.87. The van der Waals surface area contributed by atoms with E-state index >= 15 is 0 Å². The quantitative estimate of drug-likeness (QED) is 0.737. The molecule has 0 aliphatic rings. The first kappa shape index (κ1) is 20.7. The highest BCUT2D eigenvalue weighted by molar-refractivity contribution is 7.89. The molecule has 2 aromatic carbocycles. The summed E-state index contributed by atoms with van der Waals surface area (Å²) in [6.07, 6.45) is 0. The maximum atomic E-state index is 12.4. The average Bonchev–Trinajstić information content (AvgIpc) is 2.65. The number of rotatable bonds is 6. The van der Waals surface area contributed by atoms with Crippen LogP contribution in [-0.2, 0) is 15.4 Å². The highest BCUT2D eigenvalue weighted by Gasteiger charge is 2.19. The number of methoxy groups -OCH3 is 2. The standard InChI is InChI=1S/C19H24N2O5S/c1-19(2,3)14-7-9-15(10-8-14)27(23,24)21-20-18(22)13-6-11-16(25-4)17(12-13)26-5/h6-12,21H,1-5H3,(H,20,22). The van der Waals surface area contributed by atoms with Gasteiger partial charge in [-0.2, -0.15) is 0 Å². The van der Waals surface area contributed by atoms with Crippen molar-refractivity contribution in [2.45, 2.75) is 31.1 Å². The van der Waals surface area contributed by atoms with Gasteiger partial charge in [-0.25, -0.2) is 8.42 Å². The van der Waals surface area contributed by atoms with Crippen LogP contribution in [0.25, 0.3) is 0 Å². The van der Waals surface area contributed by atoms with Gasteiger partial charge in [0.2, 0.25) is 0 Å². The fraction of sp³-hybridized carbons (Fsp3) is 0.316. The number of nitrogens with one attached hydrogen (secondary N) is 2. The Kier molecular flexibility index (Phi) is 6.12. The summed E-state index contributed by atoms with van der Waals surface area (Å²) >= 11 is 0. The van der Waals surface area contributed by atoms with E-state index in [2.05, 4.69) is 10.3 Å². The normalized spacial score (nSPS) is 11.7. The van der Waals surface area contributed by atoms with Crippen LogP contribution in [0.3, 0.4) is 0 Å². The van der Waals surface area contributed by atoms with E-state index in [4.69, 9.17) is 9.47 Å². The van der Waals surface area contributed by atoms with Crippen molar-refractivity contribution in [3.63, 3.8) is 0 Å². The number of carbonyl (C=O) groups excluding carboxylic acids is 1. The van der Waals surface area contributed by atoms with Crippen molar-refractivity contribution in [2.24, 2.45) is 0 Å². The second-order valence-corrected chi connectivity index (χ2v) is 8.59. The molecule has 7 nitrogen and oxygen atoms in total. The van der Waals surface area contributed by atoms with Gasteiger partial charge < -0.3 is 9.47 Å². The van der Waals surface area contributed by atoms with Crippen molar-refractivity contribution in [1.82, 2.24) is 10.3 Å². The fourth-order valence-corrected chi connectivity index (χ4v) is 3.20. The van der Waals surface area contributed by atoms with Crippen molar-refractivity contribution in [3.05, 3.63) is 53.6 Å². The molecule has 0 unspecified atom stereocenters. The fourth-order valence-electron chi connectivity index (χ4n) is 2.36. The predicted octanol–water partition coefficient (Wildman–Crippen LogP) is 2.62. The van der Waals surface area contributed by atoms with E-state index in [1.165, 1.54) is 38.5 Å². The van der Waals surface area contributed by atoms with E-state index < -0.39 is 15.9 Å². The lowest BCUT2D eigenvalue weighted by Gasteiger charge is -2.19. The molecule has 0 atom stereocenters. The molecule has 0 heterocycles. The first-order valence-corrected chi connectivity index (χ1v) is 9.71. The van der Waals surface area contributed by atoms with Crippen molar-refractivity contribution < 1.29 is 22.7 Å². The molecule has 2 aromatic rings. The van der Waals surface area contributed by atoms with Crippen molar-refractivity contribution in [3.8, 4) is 11.5 Å². The van der Waals surface area contributed by atoms with Crippen LogP contribution in [-0.4, -0.2) is 28.5 Å². The van der Waals surface area contributed by atoms with Crippen LogP contribution in [0.2, 0.25) is 0 Å². The first-order chi connectivity index (χ1) is 12.6. The van der Waals surface area contributed by atoms with Gasteiger partial charge in [-0.1, -0.05) is 32.9 Å². The molecule has 2 N–H and O–H groups in total. The van der Waals surface area contributed by atoms with Crippen LogP contribution in [0.1, 0.15) is 36.7 Å². The molecule has 27 heavy (non-hydrogen) atoms. The molecule has 0 saturated heterocycles. The summed E-state index contributed by atoms with van der Waals surface area (Å²) in [6, 6.07) is 11.0. The van der Waals surface area contributed by atoms with Crippen LogP contribution in [0.15, 0.2) is 47.4 Å². The van der Waals surface area contributed by atoms with Gasteiger partial charge in [-0.15, -0.1) is 4.83 Å². The van der Waals surface area contributed by atoms with Gasteiger partial charge in [-0.3, -0.25) is 10.2 Å². The second kappa shape index (κ2) is 7.98. The Morgan fingerprint density at radius 3 is 2.04 bits per heavy atom. The summed E-state index contributed by atoms with van der Waals surface area (Å²) in [6.45, 7) is 6.12. The molecule has 8 heteroatoms. The molecule has 0 saturated carbocycles. The number of hydrazine groups is 1. The van der Waals surface area contributed by atoms with Gasteiger partial charge in [0, 0.05) is 5.56 Å². The molecule has 0 aliphatic carbocycles. The van der Waals surface area contributed by atoms with Crippen molar-refractivity contribution >= 4 is 15.9 Å². The van der Waals surface area contributed by atoms with Crippen LogP contribution >= 0.6 is 0 Å². The van der Waals surface area contributed by atoms with E-state index in [1.807, 2.05) is 20.8 Å². The third-order valence-electron chi connectivity index (χ3n) is 3.98. The van der Waals surface area contributed by atoms with E-state index in [0.717, 1.165) is 5.56 Å². The van der Waals surface area contributed by atoms with Gasteiger partial charge in [0.15, 0.2) is 11.5 Å². The van der Waals surface area contributed by atoms with Gasteiger partial charge in [0.25, 0.3) is 15.9 Å². The summed E-state index contributed by atoms with van der Waals surface area (Å²) in [5.74, 6) is 0.213. The van der Waals surface area contributed by atoms with Crippen molar-refractivity contribution in [1.29, 1.82) is 0 Å². The second-order valence-electron chi connectivity index (χ2n) is 6.90. The number of hydrogen-bond acceptors (Lipinski definition) is 5. The maximum Gasteiger partial charge on any atom is 0.266 e. The lowest BCUT2D eigenvalue weighted by Crippen LogP contribution is -2.41. The van der Waals surface area contributed by atoms with E-state index in [0.29, 0.717) is 11.5 Å². The number of benzene rings is 2. The molecule has 0 aromatic heterocycles. The van der Waals surface area contributed by atoms with Crippen molar-refractivity contribution in [2.75, 3.05) is 14.2 Å². The number of sulfonamides is 1. The highest BCUT2D eigenvalue weighted by Crippen LogP contribution is 2.27. The predicted molar refractivity (Wildman–Crippen MR) is 102 cm³/mol. The van der Waals surface area contributed by atoms with Gasteiger partial charge in [-0.05, 0) is 41.3 Å². The molecule has 0 aliphatic heterocycles. The van der Waals surface area contributed by atoms with E-state index in [-0.39, 0.29) is 15.9 Å². The lowest BCUT2D eigenvalue weighted by molar-refractivity contribution is 0.0944. The zero-order chi connectivity index (χ0) is 20.2. The number of amides is 1. The largest absolute Gasteiger partial charge is 0.493 e. The number of carbonyl (C=O) groups is 1. The van der Waals surface area contributed by atoms with E-state index in [1.54, 1.807) is 18.2 Å². The zero-order valence-electron chi connectivity index (χ0n) is 16.0. The minimum atomic E-state index is -3.89. The van der Waals surface area contributed by atoms with Crippen LogP contribution < -0.4 is 19.7 Å². The van der Waals surface area contributed by atoms with Gasteiger partial charge in [0.05, 0.1) is 19.1 Å². The molecule has 0 bridgehead atoms. The summed E-state index contributed by atoms with van der Waals surface area (Å²) in [5, 5.41) is 0. The Bertz CT molecular complexity index is 916. The molecule has 0 radical (unpaired) electrons. The van der Waals surface area contributed by atoms with Crippen LogP contribution in [0, 0.1) is 0 Å². The highest BCUT2D eigenvalue weighted by atomic mass is 32.2. The Balaban J connectivity index is 2.11. The molecule has 0 spiro atoms. The monoisotopic (exact) mass is 392 g/mol. The zero-order valence-corrected chi connectivity index (χ0v) is 16.8. The Morgan fingerprint density at radius 1 is 0.926 bits per heavy atom. The average molecular weight is 392 g/mol. The van der Waals surface area contributed by atoms with Gasteiger partial charge in [0.1, 0.15) is 0 Å². The number of ether oxygens (including phenoxy) is 2. The first-order valence-electron chi connectivity index (χ1n) is 8.23. The number of hydrogen-bond donors (Lipinski definition) is 2. The summed E-state index contributed by atoms with van der Waals surface area (Å²) < 4.78 is 35.0. The summed E-state index contributed by atoms with van der Waals surface area (Å²) in [5.41, 5.74) is 3.34. The minimum Gasteiger partial charge on any atom is -0.493 e. The third-order valence-corrected chi connectivity index (χ3v) is 5.24. The smallest absolute Gasteiger partial charge is 0.266 e. The summed E-state index contributed by atoms with van der Waals surface area (Å²) in [4.78, 5) is 14.4. The van der Waals surface area contributed by atoms with Crippen LogP contribution in [0.4, 0.5) is 0 Å². The minimum absolute atomic E-state index is 0.0584. The Labute approximate surface area is 159 Å². The molecular weight excluding hydrogens is 368 g/mol. The molecule has 1 amide bonds. The van der Waals surface area contributed by atoms with Gasteiger partial charge >= 0.3 is 0 Å². The van der Waals surface area contributed by atoms with E-state index in [9.17, 15) is 13.2 Å². The maximum absolute atomic E-state index is 12.4. The molecule has 2 rings (SSSR count). The molecule has 146 valence electrons. The molecular formula is C19H24N2O5S. The topological polar surface area (TPSA) is 93.7 Å². The Hall–Kier alpha value is -2.58. The van der Waals surface area contributed by atoms with Crippen LogP contribution in [0.5, 0.6) is 11.5 Å². The molecule has 0 fully saturated rings. The third kappa shape index (κ3) is 4.99.